The van der Waals surface area contributed by atoms with Crippen molar-refractivity contribution >= 4 is 0 Å². The van der Waals surface area contributed by atoms with E-state index in [9.17, 15) is 0 Å². The van der Waals surface area contributed by atoms with Crippen molar-refractivity contribution in [1.82, 2.24) is 10.3 Å². The van der Waals surface area contributed by atoms with Gasteiger partial charge in [-0.1, -0.05) is 0 Å². The summed E-state index contributed by atoms with van der Waals surface area (Å²) in [6.45, 7) is 1.58. The maximum absolute atomic E-state index is 5.65. The van der Waals surface area contributed by atoms with Crippen molar-refractivity contribution in [3.63, 3.8) is 0 Å². The first kappa shape index (κ1) is 10.6. The van der Waals surface area contributed by atoms with Gasteiger partial charge in [0.25, 0.3) is 0 Å². The Kier molecular flexibility index (Phi) is 3.75. The molecule has 15 heavy (non-hydrogen) atoms. The molecule has 1 atom stereocenters. The van der Waals surface area contributed by atoms with Crippen molar-refractivity contribution < 1.29 is 9.15 Å². The average Bonchev–Trinajstić information content (AvgIpc) is 2.68. The van der Waals surface area contributed by atoms with Crippen molar-refractivity contribution in [2.75, 3.05) is 13.7 Å². The molecular formula is C11H18N2O2. The number of ether oxygens (including phenoxy) is 1. The molecule has 0 saturated carbocycles. The standard InChI is InChI=1S/C11H18N2O2/c1-12-8-11-13-7-10(15-11)6-9-4-2-3-5-14-9/h7,9,12H,2-6,8H2,1H3. The quantitative estimate of drug-likeness (QED) is 0.818. The van der Waals surface area contributed by atoms with Crippen LogP contribution in [0.3, 0.4) is 0 Å². The zero-order valence-corrected chi connectivity index (χ0v) is 9.16. The van der Waals surface area contributed by atoms with E-state index < -0.39 is 0 Å². The van der Waals surface area contributed by atoms with Gasteiger partial charge in [-0.25, -0.2) is 4.98 Å². The van der Waals surface area contributed by atoms with Crippen LogP contribution < -0.4 is 5.32 Å². The fourth-order valence-electron chi connectivity index (χ4n) is 1.87. The first-order valence-corrected chi connectivity index (χ1v) is 5.58. The van der Waals surface area contributed by atoms with Crippen molar-refractivity contribution in [2.24, 2.45) is 0 Å². The Bertz CT molecular complexity index is 293. The zero-order chi connectivity index (χ0) is 10.5. The molecule has 2 heterocycles. The minimum absolute atomic E-state index is 0.328. The number of oxazole rings is 1. The van der Waals surface area contributed by atoms with Crippen LogP contribution in [0.4, 0.5) is 0 Å². The number of hydrogen-bond acceptors (Lipinski definition) is 4. The highest BCUT2D eigenvalue weighted by Crippen LogP contribution is 2.17. The second-order valence-corrected chi connectivity index (χ2v) is 3.94. The molecule has 1 aliphatic heterocycles. The van der Waals surface area contributed by atoms with E-state index in [0.29, 0.717) is 12.6 Å². The minimum atomic E-state index is 0.328. The SMILES string of the molecule is CNCc1ncc(CC2CCCCO2)o1. The predicted octanol–water partition coefficient (Wildman–Crippen LogP) is 1.51. The van der Waals surface area contributed by atoms with Crippen LogP contribution in [0.1, 0.15) is 30.9 Å². The maximum atomic E-state index is 5.65. The molecular weight excluding hydrogens is 192 g/mol. The number of nitrogens with one attached hydrogen (secondary N) is 1. The Morgan fingerprint density at radius 2 is 2.47 bits per heavy atom. The van der Waals surface area contributed by atoms with Crippen molar-refractivity contribution in [1.29, 1.82) is 0 Å². The molecule has 1 fully saturated rings. The Balaban J connectivity index is 1.86. The monoisotopic (exact) mass is 210 g/mol. The molecule has 2 rings (SSSR count). The van der Waals surface area contributed by atoms with E-state index in [1.807, 2.05) is 13.2 Å². The van der Waals surface area contributed by atoms with Crippen LogP contribution in [-0.2, 0) is 17.7 Å². The summed E-state index contributed by atoms with van der Waals surface area (Å²) in [6, 6.07) is 0. The lowest BCUT2D eigenvalue weighted by Gasteiger charge is -2.21. The largest absolute Gasteiger partial charge is 0.444 e. The van der Waals surface area contributed by atoms with Crippen LogP contribution in [0, 0.1) is 0 Å². The smallest absolute Gasteiger partial charge is 0.208 e. The summed E-state index contributed by atoms with van der Waals surface area (Å²) < 4.78 is 11.2. The molecule has 1 N–H and O–H groups in total. The predicted molar refractivity (Wildman–Crippen MR) is 56.6 cm³/mol. The van der Waals surface area contributed by atoms with Gasteiger partial charge >= 0.3 is 0 Å². The van der Waals surface area contributed by atoms with Gasteiger partial charge in [0, 0.05) is 13.0 Å². The van der Waals surface area contributed by atoms with Crippen molar-refractivity contribution in [3.05, 3.63) is 17.8 Å². The van der Waals surface area contributed by atoms with Gasteiger partial charge in [-0.3, -0.25) is 0 Å². The van der Waals surface area contributed by atoms with Gasteiger partial charge < -0.3 is 14.5 Å². The number of rotatable bonds is 4. The first-order chi connectivity index (χ1) is 7.38. The molecule has 0 aromatic carbocycles. The maximum Gasteiger partial charge on any atom is 0.208 e. The van der Waals surface area contributed by atoms with E-state index >= 15 is 0 Å². The Hall–Kier alpha value is -0.870. The van der Waals surface area contributed by atoms with Crippen LogP contribution in [0.25, 0.3) is 0 Å². The molecule has 1 saturated heterocycles. The number of aromatic nitrogens is 1. The van der Waals surface area contributed by atoms with E-state index in [4.69, 9.17) is 9.15 Å². The van der Waals surface area contributed by atoms with E-state index in [1.165, 1.54) is 12.8 Å². The molecule has 84 valence electrons. The molecule has 0 bridgehead atoms. The molecule has 1 aromatic rings. The van der Waals surface area contributed by atoms with Gasteiger partial charge in [0.2, 0.25) is 5.89 Å². The summed E-state index contributed by atoms with van der Waals surface area (Å²) in [5.41, 5.74) is 0. The fourth-order valence-corrected chi connectivity index (χ4v) is 1.87. The first-order valence-electron chi connectivity index (χ1n) is 5.58. The van der Waals surface area contributed by atoms with E-state index in [1.54, 1.807) is 0 Å². The molecule has 0 aliphatic carbocycles. The summed E-state index contributed by atoms with van der Waals surface area (Å²) in [5, 5.41) is 3.01. The molecule has 4 heteroatoms. The third kappa shape index (κ3) is 3.04. The highest BCUT2D eigenvalue weighted by atomic mass is 16.5. The van der Waals surface area contributed by atoms with Crippen LogP contribution in [0.5, 0.6) is 0 Å². The van der Waals surface area contributed by atoms with E-state index in [-0.39, 0.29) is 0 Å². The van der Waals surface area contributed by atoms with Gasteiger partial charge in [-0.2, -0.15) is 0 Å². The summed E-state index contributed by atoms with van der Waals surface area (Å²) in [5.74, 6) is 1.69. The average molecular weight is 210 g/mol. The number of hydrogen-bond donors (Lipinski definition) is 1. The second-order valence-electron chi connectivity index (χ2n) is 3.94. The third-order valence-corrected chi connectivity index (χ3v) is 2.63. The highest BCUT2D eigenvalue weighted by molar-refractivity contribution is 4.96. The lowest BCUT2D eigenvalue weighted by Crippen LogP contribution is -2.21. The van der Waals surface area contributed by atoms with Crippen LogP contribution in [0.15, 0.2) is 10.6 Å². The summed E-state index contributed by atoms with van der Waals surface area (Å²) in [6.07, 6.45) is 6.60. The third-order valence-electron chi connectivity index (χ3n) is 2.63. The molecule has 1 aromatic heterocycles. The summed E-state index contributed by atoms with van der Waals surface area (Å²) >= 11 is 0. The van der Waals surface area contributed by atoms with Gasteiger partial charge in [-0.05, 0) is 26.3 Å². The van der Waals surface area contributed by atoms with E-state index in [2.05, 4.69) is 10.3 Å². The lowest BCUT2D eigenvalue weighted by atomic mass is 10.1. The van der Waals surface area contributed by atoms with Gasteiger partial charge in [0.15, 0.2) is 0 Å². The minimum Gasteiger partial charge on any atom is -0.444 e. The Morgan fingerprint density at radius 1 is 1.53 bits per heavy atom. The Morgan fingerprint density at radius 3 is 3.20 bits per heavy atom. The summed E-state index contributed by atoms with van der Waals surface area (Å²) in [7, 11) is 1.88. The Labute approximate surface area is 90.0 Å². The zero-order valence-electron chi connectivity index (χ0n) is 9.16. The van der Waals surface area contributed by atoms with E-state index in [0.717, 1.165) is 31.1 Å². The van der Waals surface area contributed by atoms with Gasteiger partial charge in [0.1, 0.15) is 5.76 Å². The molecule has 1 unspecified atom stereocenters. The van der Waals surface area contributed by atoms with Gasteiger partial charge in [0.05, 0.1) is 18.8 Å². The second kappa shape index (κ2) is 5.28. The van der Waals surface area contributed by atoms with Gasteiger partial charge in [-0.15, -0.1) is 0 Å². The van der Waals surface area contributed by atoms with Crippen LogP contribution in [0.2, 0.25) is 0 Å². The van der Waals surface area contributed by atoms with Crippen molar-refractivity contribution in [2.45, 2.75) is 38.3 Å². The van der Waals surface area contributed by atoms with Crippen LogP contribution in [-0.4, -0.2) is 24.7 Å². The van der Waals surface area contributed by atoms with Crippen molar-refractivity contribution in [3.8, 4) is 0 Å². The number of nitrogens with zero attached hydrogens (tertiary/aromatic N) is 1. The molecule has 0 spiro atoms. The topological polar surface area (TPSA) is 47.3 Å². The van der Waals surface area contributed by atoms with Crippen LogP contribution >= 0.6 is 0 Å². The summed E-state index contributed by atoms with van der Waals surface area (Å²) in [4.78, 5) is 4.19. The fraction of sp³-hybridized carbons (Fsp3) is 0.727. The lowest BCUT2D eigenvalue weighted by molar-refractivity contribution is 0.0138. The molecule has 4 nitrogen and oxygen atoms in total. The highest BCUT2D eigenvalue weighted by Gasteiger charge is 2.16. The normalized spacial score (nSPS) is 21.8. The molecule has 1 aliphatic rings. The molecule has 0 radical (unpaired) electrons. The molecule has 0 amide bonds.